The molecule has 0 aliphatic heterocycles. The zero-order valence-electron chi connectivity index (χ0n) is 14.8. The summed E-state index contributed by atoms with van der Waals surface area (Å²) in [5.74, 6) is 1.12. The van der Waals surface area contributed by atoms with Gasteiger partial charge in [0.1, 0.15) is 0 Å². The molecule has 140 valence electrons. The molecule has 8 heteroatoms. The molecule has 1 heterocycles. The third-order valence-electron chi connectivity index (χ3n) is 3.58. The van der Waals surface area contributed by atoms with E-state index in [1.165, 1.54) is 7.11 Å². The fourth-order valence-electron chi connectivity index (χ4n) is 2.34. The minimum Gasteiger partial charge on any atom is -0.493 e. The van der Waals surface area contributed by atoms with Gasteiger partial charge in [0.05, 0.1) is 19.3 Å². The normalized spacial score (nSPS) is 10.5. The summed E-state index contributed by atoms with van der Waals surface area (Å²) in [6, 6.07) is 12.3. The Kier molecular flexibility index (Phi) is 6.08. The Balaban J connectivity index is 1.66. The van der Waals surface area contributed by atoms with Crippen molar-refractivity contribution in [1.29, 1.82) is 0 Å². The molecule has 0 fully saturated rings. The Morgan fingerprint density at radius 2 is 2.04 bits per heavy atom. The van der Waals surface area contributed by atoms with Crippen LogP contribution in [-0.4, -0.2) is 29.8 Å². The molecule has 0 amide bonds. The maximum absolute atomic E-state index is 12.3. The summed E-state index contributed by atoms with van der Waals surface area (Å²) >= 11 is 3.39. The Hall–Kier alpha value is -2.87. The lowest BCUT2D eigenvalue weighted by Crippen LogP contribution is -2.06. The Morgan fingerprint density at radius 1 is 1.19 bits per heavy atom. The fraction of sp³-hybridized carbons (Fsp3) is 0.211. The van der Waals surface area contributed by atoms with Crippen molar-refractivity contribution in [3.8, 4) is 22.9 Å². The molecule has 3 rings (SSSR count). The second kappa shape index (κ2) is 8.68. The van der Waals surface area contributed by atoms with Gasteiger partial charge in [-0.05, 0) is 37.3 Å². The van der Waals surface area contributed by atoms with Gasteiger partial charge in [-0.1, -0.05) is 33.2 Å². The maximum atomic E-state index is 12.3. The third kappa shape index (κ3) is 4.65. The summed E-state index contributed by atoms with van der Waals surface area (Å²) in [4.78, 5) is 16.5. The number of carbonyl (C=O) groups is 1. The molecular formula is C19H17BrN2O5. The van der Waals surface area contributed by atoms with Crippen molar-refractivity contribution in [2.45, 2.75) is 13.5 Å². The van der Waals surface area contributed by atoms with Crippen molar-refractivity contribution >= 4 is 21.9 Å². The van der Waals surface area contributed by atoms with E-state index < -0.39 is 5.97 Å². The highest BCUT2D eigenvalue weighted by atomic mass is 79.9. The van der Waals surface area contributed by atoms with Crippen LogP contribution >= 0.6 is 15.9 Å². The van der Waals surface area contributed by atoms with Crippen molar-refractivity contribution in [3.63, 3.8) is 0 Å². The first kappa shape index (κ1) is 18.9. The van der Waals surface area contributed by atoms with Crippen LogP contribution in [0.4, 0.5) is 0 Å². The lowest BCUT2D eigenvalue weighted by atomic mass is 10.2. The van der Waals surface area contributed by atoms with Crippen LogP contribution in [0.1, 0.15) is 23.2 Å². The number of methoxy groups -OCH3 is 1. The first-order chi connectivity index (χ1) is 13.1. The summed E-state index contributed by atoms with van der Waals surface area (Å²) in [6.07, 6.45) is 0. The van der Waals surface area contributed by atoms with Crippen LogP contribution < -0.4 is 9.47 Å². The van der Waals surface area contributed by atoms with E-state index in [2.05, 4.69) is 26.1 Å². The number of hydrogen-bond acceptors (Lipinski definition) is 7. The summed E-state index contributed by atoms with van der Waals surface area (Å²) in [7, 11) is 1.51. The first-order valence-electron chi connectivity index (χ1n) is 8.17. The largest absolute Gasteiger partial charge is 0.493 e. The molecule has 0 spiro atoms. The predicted molar refractivity (Wildman–Crippen MR) is 101 cm³/mol. The molecular weight excluding hydrogens is 416 g/mol. The van der Waals surface area contributed by atoms with Gasteiger partial charge in [-0.3, -0.25) is 0 Å². The highest BCUT2D eigenvalue weighted by Gasteiger charge is 2.15. The van der Waals surface area contributed by atoms with Crippen molar-refractivity contribution < 1.29 is 23.5 Å². The molecule has 0 aliphatic rings. The summed E-state index contributed by atoms with van der Waals surface area (Å²) in [5, 5.41) is 3.90. The van der Waals surface area contributed by atoms with Crippen LogP contribution in [-0.2, 0) is 11.3 Å². The Morgan fingerprint density at radius 3 is 2.78 bits per heavy atom. The lowest BCUT2D eigenvalue weighted by Gasteiger charge is -2.10. The second-order valence-corrected chi connectivity index (χ2v) is 6.31. The molecule has 7 nitrogen and oxygen atoms in total. The van der Waals surface area contributed by atoms with Crippen LogP contribution in [0.5, 0.6) is 11.5 Å². The highest BCUT2D eigenvalue weighted by molar-refractivity contribution is 9.10. The van der Waals surface area contributed by atoms with Gasteiger partial charge in [0.2, 0.25) is 5.82 Å². The van der Waals surface area contributed by atoms with Gasteiger partial charge in [-0.2, -0.15) is 4.98 Å². The smallest absolute Gasteiger partial charge is 0.338 e. The van der Waals surface area contributed by atoms with E-state index in [0.29, 0.717) is 29.5 Å². The van der Waals surface area contributed by atoms with Gasteiger partial charge in [0.25, 0.3) is 5.89 Å². The Bertz CT molecular complexity index is 941. The SMILES string of the molecule is CCOc1ccc(C(=O)OCc2nc(-c3cccc(Br)c3)no2)cc1OC. The van der Waals surface area contributed by atoms with Gasteiger partial charge >= 0.3 is 5.97 Å². The van der Waals surface area contributed by atoms with E-state index in [1.54, 1.807) is 18.2 Å². The number of carbonyl (C=O) groups excluding carboxylic acids is 1. The van der Waals surface area contributed by atoms with Crippen LogP contribution in [0.2, 0.25) is 0 Å². The zero-order chi connectivity index (χ0) is 19.2. The van der Waals surface area contributed by atoms with E-state index in [9.17, 15) is 4.79 Å². The fourth-order valence-corrected chi connectivity index (χ4v) is 2.74. The van der Waals surface area contributed by atoms with Gasteiger partial charge < -0.3 is 18.7 Å². The molecule has 0 saturated carbocycles. The molecule has 0 unspecified atom stereocenters. The minimum absolute atomic E-state index is 0.130. The van der Waals surface area contributed by atoms with Crippen molar-refractivity contribution in [2.75, 3.05) is 13.7 Å². The molecule has 27 heavy (non-hydrogen) atoms. The molecule has 0 atom stereocenters. The van der Waals surface area contributed by atoms with E-state index in [4.69, 9.17) is 18.7 Å². The third-order valence-corrected chi connectivity index (χ3v) is 4.07. The lowest BCUT2D eigenvalue weighted by molar-refractivity contribution is 0.0429. The zero-order valence-corrected chi connectivity index (χ0v) is 16.4. The average Bonchev–Trinajstić information content (AvgIpc) is 3.16. The number of hydrogen-bond donors (Lipinski definition) is 0. The van der Waals surface area contributed by atoms with Crippen LogP contribution in [0.3, 0.4) is 0 Å². The van der Waals surface area contributed by atoms with Gasteiger partial charge in [0, 0.05) is 10.0 Å². The summed E-state index contributed by atoms with van der Waals surface area (Å²) < 4.78 is 22.0. The minimum atomic E-state index is -0.529. The number of halogens is 1. The Labute approximate surface area is 164 Å². The molecule has 0 N–H and O–H groups in total. The average molecular weight is 433 g/mol. The highest BCUT2D eigenvalue weighted by Crippen LogP contribution is 2.28. The summed E-state index contributed by atoms with van der Waals surface area (Å²) in [5.41, 5.74) is 1.13. The summed E-state index contributed by atoms with van der Waals surface area (Å²) in [6.45, 7) is 2.24. The van der Waals surface area contributed by atoms with Crippen LogP contribution in [0.25, 0.3) is 11.4 Å². The van der Waals surface area contributed by atoms with E-state index >= 15 is 0 Å². The number of ether oxygens (including phenoxy) is 3. The molecule has 0 aliphatic carbocycles. The standard InChI is InChI=1S/C19H17BrN2O5/c1-3-25-15-8-7-13(10-16(15)24-2)19(23)26-11-17-21-18(22-27-17)12-5-4-6-14(20)9-12/h4-10H,3,11H2,1-2H3. The maximum Gasteiger partial charge on any atom is 0.338 e. The number of nitrogens with zero attached hydrogens (tertiary/aromatic N) is 2. The monoisotopic (exact) mass is 432 g/mol. The van der Waals surface area contributed by atoms with Gasteiger partial charge in [0.15, 0.2) is 18.1 Å². The molecule has 2 aromatic carbocycles. The van der Waals surface area contributed by atoms with E-state index in [-0.39, 0.29) is 12.5 Å². The predicted octanol–water partition coefficient (Wildman–Crippen LogP) is 4.26. The number of rotatable bonds is 7. The quantitative estimate of drug-likeness (QED) is 0.515. The van der Waals surface area contributed by atoms with Crippen LogP contribution in [0.15, 0.2) is 51.5 Å². The first-order valence-corrected chi connectivity index (χ1v) is 8.96. The number of aromatic nitrogens is 2. The number of benzene rings is 2. The molecule has 3 aromatic rings. The van der Waals surface area contributed by atoms with Crippen molar-refractivity contribution in [3.05, 3.63) is 58.4 Å². The molecule has 0 radical (unpaired) electrons. The van der Waals surface area contributed by atoms with Gasteiger partial charge in [-0.15, -0.1) is 0 Å². The molecule has 0 bridgehead atoms. The second-order valence-electron chi connectivity index (χ2n) is 5.40. The molecule has 1 aromatic heterocycles. The topological polar surface area (TPSA) is 83.7 Å². The molecule has 0 saturated heterocycles. The van der Waals surface area contributed by atoms with E-state index in [0.717, 1.165) is 10.0 Å². The van der Waals surface area contributed by atoms with Crippen molar-refractivity contribution in [1.82, 2.24) is 10.1 Å². The van der Waals surface area contributed by atoms with Crippen LogP contribution in [0, 0.1) is 0 Å². The van der Waals surface area contributed by atoms with Crippen molar-refractivity contribution in [2.24, 2.45) is 0 Å². The van der Waals surface area contributed by atoms with E-state index in [1.807, 2.05) is 31.2 Å². The number of esters is 1. The van der Waals surface area contributed by atoms with Gasteiger partial charge in [-0.25, -0.2) is 4.79 Å².